The van der Waals surface area contributed by atoms with Crippen molar-refractivity contribution in [3.8, 4) is 0 Å². The van der Waals surface area contributed by atoms with Crippen molar-refractivity contribution in [1.29, 1.82) is 0 Å². The maximum absolute atomic E-state index is 12.3. The average molecular weight is 287 g/mol. The molecule has 0 bridgehead atoms. The maximum atomic E-state index is 12.3. The molecule has 6 nitrogen and oxygen atoms in total. The molecule has 18 heavy (non-hydrogen) atoms. The van der Waals surface area contributed by atoms with E-state index in [2.05, 4.69) is 4.98 Å². The van der Waals surface area contributed by atoms with Gasteiger partial charge in [0.2, 0.25) is 0 Å². The van der Waals surface area contributed by atoms with Crippen LogP contribution < -0.4 is 5.73 Å². The van der Waals surface area contributed by atoms with Gasteiger partial charge in [0.1, 0.15) is 5.76 Å². The third-order valence-electron chi connectivity index (χ3n) is 2.37. The molecule has 0 saturated heterocycles. The number of nitrogens with zero attached hydrogens (tertiary/aromatic N) is 2. The number of nitrogen functional groups attached to an aromatic ring is 1. The van der Waals surface area contributed by atoms with Gasteiger partial charge in [-0.25, -0.2) is 13.4 Å². The minimum atomic E-state index is -3.58. The van der Waals surface area contributed by atoms with E-state index in [9.17, 15) is 8.42 Å². The van der Waals surface area contributed by atoms with Crippen LogP contribution in [0.5, 0.6) is 0 Å². The van der Waals surface area contributed by atoms with Crippen LogP contribution in [-0.4, -0.2) is 24.8 Å². The van der Waals surface area contributed by atoms with E-state index in [4.69, 9.17) is 10.2 Å². The van der Waals surface area contributed by atoms with Crippen molar-refractivity contribution in [2.75, 3.05) is 12.8 Å². The lowest BCUT2D eigenvalue weighted by Crippen LogP contribution is -2.26. The number of anilines is 1. The maximum Gasteiger partial charge on any atom is 0.254 e. The summed E-state index contributed by atoms with van der Waals surface area (Å²) in [6.45, 7) is 1.80. The summed E-state index contributed by atoms with van der Waals surface area (Å²) in [4.78, 5) is 3.92. The molecule has 0 aliphatic carbocycles. The normalized spacial score (nSPS) is 12.2. The quantitative estimate of drug-likeness (QED) is 0.919. The molecule has 0 aliphatic rings. The lowest BCUT2D eigenvalue weighted by molar-refractivity contribution is 0.407. The number of hydrogen-bond acceptors (Lipinski definition) is 6. The van der Waals surface area contributed by atoms with Crippen LogP contribution in [0.2, 0.25) is 0 Å². The van der Waals surface area contributed by atoms with Crippen molar-refractivity contribution in [2.45, 2.75) is 17.7 Å². The van der Waals surface area contributed by atoms with Gasteiger partial charge in [-0.2, -0.15) is 4.31 Å². The van der Waals surface area contributed by atoms with Crippen LogP contribution in [0.25, 0.3) is 0 Å². The molecule has 98 valence electrons. The Labute approximate surface area is 109 Å². The summed E-state index contributed by atoms with van der Waals surface area (Å²) in [6, 6.07) is 3.44. The predicted octanol–water partition coefficient (Wildman–Crippen LogP) is 1.45. The summed E-state index contributed by atoms with van der Waals surface area (Å²) < 4.78 is 31.1. The van der Waals surface area contributed by atoms with Gasteiger partial charge in [-0.3, -0.25) is 0 Å². The second-order valence-corrected chi connectivity index (χ2v) is 7.04. The van der Waals surface area contributed by atoms with Gasteiger partial charge in [-0.1, -0.05) is 11.3 Å². The van der Waals surface area contributed by atoms with Gasteiger partial charge in [0.05, 0.1) is 18.5 Å². The molecule has 0 amide bonds. The van der Waals surface area contributed by atoms with E-state index < -0.39 is 10.0 Å². The molecule has 0 spiro atoms. The molecule has 8 heteroatoms. The first kappa shape index (κ1) is 13.1. The molecule has 0 aliphatic heterocycles. The monoisotopic (exact) mass is 287 g/mol. The van der Waals surface area contributed by atoms with Gasteiger partial charge >= 0.3 is 0 Å². The molecule has 0 saturated carbocycles. The van der Waals surface area contributed by atoms with E-state index >= 15 is 0 Å². The zero-order valence-corrected chi connectivity index (χ0v) is 11.6. The highest BCUT2D eigenvalue weighted by Gasteiger charge is 2.26. The van der Waals surface area contributed by atoms with Crippen molar-refractivity contribution in [1.82, 2.24) is 9.29 Å². The van der Waals surface area contributed by atoms with E-state index in [1.807, 2.05) is 0 Å². The van der Waals surface area contributed by atoms with Crippen molar-refractivity contribution in [2.24, 2.45) is 0 Å². The Hall–Kier alpha value is -1.38. The number of nitrogens with two attached hydrogens (primary N) is 1. The molecule has 0 fully saturated rings. The van der Waals surface area contributed by atoms with Gasteiger partial charge in [0.15, 0.2) is 9.34 Å². The fourth-order valence-corrected chi connectivity index (χ4v) is 4.11. The summed E-state index contributed by atoms with van der Waals surface area (Å²) in [5.41, 5.74) is 5.94. The molecule has 2 aromatic heterocycles. The highest BCUT2D eigenvalue weighted by Crippen LogP contribution is 2.28. The molecule has 2 rings (SSSR count). The summed E-state index contributed by atoms with van der Waals surface area (Å²) in [6.07, 6.45) is 1.51. The summed E-state index contributed by atoms with van der Waals surface area (Å²) in [5.74, 6) is 0.580. The zero-order valence-electron chi connectivity index (χ0n) is 9.95. The molecule has 2 N–H and O–H groups in total. The summed E-state index contributed by atoms with van der Waals surface area (Å²) >= 11 is 0.969. The topological polar surface area (TPSA) is 89.4 Å². The minimum absolute atomic E-state index is 0.173. The van der Waals surface area contributed by atoms with Gasteiger partial charge < -0.3 is 10.2 Å². The average Bonchev–Trinajstić information content (AvgIpc) is 2.88. The molecule has 0 radical (unpaired) electrons. The van der Waals surface area contributed by atoms with Crippen molar-refractivity contribution < 1.29 is 12.8 Å². The molecule has 2 heterocycles. The Bertz CT molecular complexity index is 631. The van der Waals surface area contributed by atoms with Crippen LogP contribution in [0.15, 0.2) is 27.0 Å². The standard InChI is InChI=1S/C10H13N3O3S2/c1-7-9(17-10(11)12-7)18(14,15)13(2)6-8-4-3-5-16-8/h3-5H,6H2,1-2H3,(H2,11,12). The van der Waals surface area contributed by atoms with Crippen molar-refractivity contribution >= 4 is 26.5 Å². The van der Waals surface area contributed by atoms with E-state index in [-0.39, 0.29) is 15.9 Å². The molecule has 2 aromatic rings. The van der Waals surface area contributed by atoms with E-state index in [0.29, 0.717) is 11.5 Å². The second-order valence-electron chi connectivity index (χ2n) is 3.77. The van der Waals surface area contributed by atoms with Gasteiger partial charge in [0.25, 0.3) is 10.0 Å². The van der Waals surface area contributed by atoms with E-state index in [1.165, 1.54) is 17.6 Å². The smallest absolute Gasteiger partial charge is 0.254 e. The fraction of sp³-hybridized carbons (Fsp3) is 0.300. The van der Waals surface area contributed by atoms with Gasteiger partial charge in [0, 0.05) is 7.05 Å². The van der Waals surface area contributed by atoms with Crippen molar-refractivity contribution in [3.05, 3.63) is 29.9 Å². The first-order valence-electron chi connectivity index (χ1n) is 5.13. The number of sulfonamides is 1. The number of rotatable bonds is 4. The van der Waals surface area contributed by atoms with Crippen molar-refractivity contribution in [3.63, 3.8) is 0 Å². The number of aromatic nitrogens is 1. The lowest BCUT2D eigenvalue weighted by atomic mass is 10.4. The highest BCUT2D eigenvalue weighted by molar-refractivity contribution is 7.91. The number of furan rings is 1. The second kappa shape index (κ2) is 4.71. The highest BCUT2D eigenvalue weighted by atomic mass is 32.2. The Kier molecular flexibility index (Phi) is 3.42. The number of hydrogen-bond donors (Lipinski definition) is 1. The predicted molar refractivity (Wildman–Crippen MR) is 68.6 cm³/mol. The summed E-state index contributed by atoms with van der Waals surface area (Å²) in [7, 11) is -2.08. The van der Waals surface area contributed by atoms with E-state index in [1.54, 1.807) is 19.1 Å². The Morgan fingerprint density at radius 3 is 2.78 bits per heavy atom. The first-order valence-corrected chi connectivity index (χ1v) is 7.38. The Morgan fingerprint density at radius 1 is 1.56 bits per heavy atom. The van der Waals surface area contributed by atoms with Crippen LogP contribution >= 0.6 is 11.3 Å². The zero-order chi connectivity index (χ0) is 13.3. The molecule has 0 atom stereocenters. The number of thiazole rings is 1. The fourth-order valence-electron chi connectivity index (χ4n) is 1.49. The van der Waals surface area contributed by atoms with Crippen LogP contribution in [-0.2, 0) is 16.6 Å². The van der Waals surface area contributed by atoms with Gasteiger partial charge in [-0.05, 0) is 19.1 Å². The molecule has 0 unspecified atom stereocenters. The van der Waals surface area contributed by atoms with Crippen LogP contribution in [0.3, 0.4) is 0 Å². The number of aryl methyl sites for hydroxylation is 1. The largest absolute Gasteiger partial charge is 0.468 e. The minimum Gasteiger partial charge on any atom is -0.468 e. The summed E-state index contributed by atoms with van der Waals surface area (Å²) in [5, 5.41) is 0.248. The SMILES string of the molecule is Cc1nc(N)sc1S(=O)(=O)N(C)Cc1ccco1. The Morgan fingerprint density at radius 2 is 2.28 bits per heavy atom. The lowest BCUT2D eigenvalue weighted by Gasteiger charge is -2.14. The third-order valence-corrected chi connectivity index (χ3v) is 5.75. The van der Waals surface area contributed by atoms with Crippen LogP contribution in [0, 0.1) is 6.92 Å². The molecular formula is C10H13N3O3S2. The Balaban J connectivity index is 2.28. The van der Waals surface area contributed by atoms with E-state index in [0.717, 1.165) is 11.3 Å². The molecular weight excluding hydrogens is 274 g/mol. The van der Waals surface area contributed by atoms with Gasteiger partial charge in [-0.15, -0.1) is 0 Å². The third kappa shape index (κ3) is 2.40. The van der Waals surface area contributed by atoms with Crippen LogP contribution in [0.4, 0.5) is 5.13 Å². The van der Waals surface area contributed by atoms with Crippen LogP contribution in [0.1, 0.15) is 11.5 Å². The molecule has 0 aromatic carbocycles. The first-order chi connectivity index (χ1) is 8.41.